The molecule has 0 radical (unpaired) electrons. The summed E-state index contributed by atoms with van der Waals surface area (Å²) in [6.07, 6.45) is 4.60. The van der Waals surface area contributed by atoms with E-state index in [4.69, 9.17) is 10.5 Å². The normalized spacial score (nSPS) is 23.9. The molecule has 1 aromatic carbocycles. The zero-order valence-corrected chi connectivity index (χ0v) is 8.25. The summed E-state index contributed by atoms with van der Waals surface area (Å²) in [5.74, 6) is 1.11. The van der Waals surface area contributed by atoms with Crippen molar-refractivity contribution < 1.29 is 4.74 Å². The first-order valence-corrected chi connectivity index (χ1v) is 5.39. The molecule has 0 amide bonds. The van der Waals surface area contributed by atoms with Gasteiger partial charge in [0.25, 0.3) is 0 Å². The number of hydrogen-bond acceptors (Lipinski definition) is 2. The predicted octanol–water partition coefficient (Wildman–Crippen LogP) is 1.96. The SMILES string of the molecule is N[C@H]1CCOc2c1ccc1c2CCC1. The van der Waals surface area contributed by atoms with E-state index in [0.717, 1.165) is 18.8 Å². The van der Waals surface area contributed by atoms with E-state index in [0.29, 0.717) is 0 Å². The van der Waals surface area contributed by atoms with E-state index in [1.807, 2.05) is 0 Å². The molecular formula is C12H15NO. The lowest BCUT2D eigenvalue weighted by atomic mass is 9.96. The van der Waals surface area contributed by atoms with Crippen LogP contribution in [-0.2, 0) is 12.8 Å². The number of ether oxygens (including phenoxy) is 1. The van der Waals surface area contributed by atoms with Crippen molar-refractivity contribution >= 4 is 0 Å². The van der Waals surface area contributed by atoms with Gasteiger partial charge in [0.2, 0.25) is 0 Å². The summed E-state index contributed by atoms with van der Waals surface area (Å²) in [5, 5.41) is 0. The van der Waals surface area contributed by atoms with Gasteiger partial charge in [0, 0.05) is 18.0 Å². The van der Waals surface area contributed by atoms with Crippen LogP contribution in [-0.4, -0.2) is 6.61 Å². The number of fused-ring (bicyclic) bond motifs is 3. The first-order chi connectivity index (χ1) is 6.86. The van der Waals surface area contributed by atoms with Crippen molar-refractivity contribution in [3.05, 3.63) is 28.8 Å². The molecule has 1 heterocycles. The molecule has 1 atom stereocenters. The smallest absolute Gasteiger partial charge is 0.127 e. The van der Waals surface area contributed by atoms with Crippen molar-refractivity contribution in [3.8, 4) is 5.75 Å². The van der Waals surface area contributed by atoms with Crippen molar-refractivity contribution in [1.82, 2.24) is 0 Å². The van der Waals surface area contributed by atoms with Crippen molar-refractivity contribution in [2.24, 2.45) is 5.73 Å². The van der Waals surface area contributed by atoms with Gasteiger partial charge in [-0.05, 0) is 30.4 Å². The first kappa shape index (κ1) is 8.30. The monoisotopic (exact) mass is 189 g/mol. The number of hydrogen-bond donors (Lipinski definition) is 1. The maximum absolute atomic E-state index is 6.06. The van der Waals surface area contributed by atoms with Gasteiger partial charge in [-0.2, -0.15) is 0 Å². The van der Waals surface area contributed by atoms with E-state index in [1.54, 1.807) is 0 Å². The Bertz CT molecular complexity index is 373. The van der Waals surface area contributed by atoms with Gasteiger partial charge in [0.15, 0.2) is 0 Å². The van der Waals surface area contributed by atoms with E-state index in [9.17, 15) is 0 Å². The van der Waals surface area contributed by atoms with Gasteiger partial charge < -0.3 is 10.5 Å². The fourth-order valence-electron chi connectivity index (χ4n) is 2.56. The van der Waals surface area contributed by atoms with Gasteiger partial charge in [-0.25, -0.2) is 0 Å². The second-order valence-electron chi connectivity index (χ2n) is 4.22. The largest absolute Gasteiger partial charge is 0.493 e. The molecule has 0 saturated carbocycles. The highest BCUT2D eigenvalue weighted by Gasteiger charge is 2.24. The van der Waals surface area contributed by atoms with Crippen LogP contribution in [0.25, 0.3) is 0 Å². The Morgan fingerprint density at radius 3 is 3.14 bits per heavy atom. The maximum atomic E-state index is 6.06. The average molecular weight is 189 g/mol. The van der Waals surface area contributed by atoms with Crippen LogP contribution >= 0.6 is 0 Å². The zero-order valence-electron chi connectivity index (χ0n) is 8.25. The summed E-state index contributed by atoms with van der Waals surface area (Å²) in [7, 11) is 0. The molecule has 2 nitrogen and oxygen atoms in total. The lowest BCUT2D eigenvalue weighted by Gasteiger charge is -2.25. The van der Waals surface area contributed by atoms with Gasteiger partial charge in [0.1, 0.15) is 5.75 Å². The molecule has 0 fully saturated rings. The molecule has 2 N–H and O–H groups in total. The summed E-state index contributed by atoms with van der Waals surface area (Å²) in [5.41, 5.74) is 10.2. The molecule has 14 heavy (non-hydrogen) atoms. The van der Waals surface area contributed by atoms with Gasteiger partial charge >= 0.3 is 0 Å². The molecular weight excluding hydrogens is 174 g/mol. The van der Waals surface area contributed by atoms with Gasteiger partial charge in [0.05, 0.1) is 6.61 Å². The van der Waals surface area contributed by atoms with Crippen LogP contribution in [0.2, 0.25) is 0 Å². The van der Waals surface area contributed by atoms with Gasteiger partial charge in [-0.1, -0.05) is 12.1 Å². The highest BCUT2D eigenvalue weighted by molar-refractivity contribution is 5.50. The fourth-order valence-corrected chi connectivity index (χ4v) is 2.56. The Labute approximate surface area is 84.1 Å². The molecule has 1 aliphatic heterocycles. The standard InChI is InChI=1S/C12H15NO/c13-11-6-7-14-12-9-3-1-2-8(9)4-5-10(11)12/h4-5,11H,1-3,6-7,13H2/t11-/m0/s1. The summed E-state index contributed by atoms with van der Waals surface area (Å²) < 4.78 is 5.76. The molecule has 0 saturated heterocycles. The summed E-state index contributed by atoms with van der Waals surface area (Å²) in [6, 6.07) is 4.57. The molecule has 0 aromatic heterocycles. The molecule has 0 unspecified atom stereocenters. The molecule has 1 aromatic rings. The zero-order chi connectivity index (χ0) is 9.54. The van der Waals surface area contributed by atoms with E-state index >= 15 is 0 Å². The minimum atomic E-state index is 0.185. The number of rotatable bonds is 0. The van der Waals surface area contributed by atoms with Crippen molar-refractivity contribution in [2.75, 3.05) is 6.61 Å². The van der Waals surface area contributed by atoms with Crippen molar-refractivity contribution in [1.29, 1.82) is 0 Å². The second-order valence-corrected chi connectivity index (χ2v) is 4.22. The van der Waals surface area contributed by atoms with Crippen LogP contribution < -0.4 is 10.5 Å². The lowest BCUT2D eigenvalue weighted by molar-refractivity contribution is 0.266. The van der Waals surface area contributed by atoms with Gasteiger partial charge in [-0.3, -0.25) is 0 Å². The third-order valence-corrected chi connectivity index (χ3v) is 3.34. The van der Waals surface area contributed by atoms with Crippen molar-refractivity contribution in [3.63, 3.8) is 0 Å². The van der Waals surface area contributed by atoms with Crippen LogP contribution in [0.4, 0.5) is 0 Å². The lowest BCUT2D eigenvalue weighted by Crippen LogP contribution is -2.21. The van der Waals surface area contributed by atoms with E-state index in [1.165, 1.54) is 36.0 Å². The first-order valence-electron chi connectivity index (χ1n) is 5.39. The summed E-state index contributed by atoms with van der Waals surface area (Å²) in [6.45, 7) is 0.782. The molecule has 3 rings (SSSR count). The minimum Gasteiger partial charge on any atom is -0.493 e. The Morgan fingerprint density at radius 1 is 1.29 bits per heavy atom. The third-order valence-electron chi connectivity index (χ3n) is 3.34. The Balaban J connectivity index is 2.17. The minimum absolute atomic E-state index is 0.185. The van der Waals surface area contributed by atoms with Crippen molar-refractivity contribution in [2.45, 2.75) is 31.7 Å². The summed E-state index contributed by atoms with van der Waals surface area (Å²) in [4.78, 5) is 0. The Hall–Kier alpha value is -1.02. The Kier molecular flexibility index (Phi) is 1.77. The second kappa shape index (κ2) is 2.99. The number of benzene rings is 1. The van der Waals surface area contributed by atoms with Crippen LogP contribution in [0, 0.1) is 0 Å². The molecule has 1 aliphatic carbocycles. The quantitative estimate of drug-likeness (QED) is 0.677. The fraction of sp³-hybridized carbons (Fsp3) is 0.500. The molecule has 0 spiro atoms. The van der Waals surface area contributed by atoms with Crippen LogP contribution in [0.3, 0.4) is 0 Å². The van der Waals surface area contributed by atoms with E-state index in [-0.39, 0.29) is 6.04 Å². The summed E-state index contributed by atoms with van der Waals surface area (Å²) >= 11 is 0. The highest BCUT2D eigenvalue weighted by atomic mass is 16.5. The van der Waals surface area contributed by atoms with E-state index < -0.39 is 0 Å². The van der Waals surface area contributed by atoms with E-state index in [2.05, 4.69) is 12.1 Å². The topological polar surface area (TPSA) is 35.2 Å². The van der Waals surface area contributed by atoms with Crippen LogP contribution in [0.1, 0.15) is 35.6 Å². The van der Waals surface area contributed by atoms with Crippen LogP contribution in [0.5, 0.6) is 5.75 Å². The Morgan fingerprint density at radius 2 is 2.21 bits per heavy atom. The van der Waals surface area contributed by atoms with Crippen LogP contribution in [0.15, 0.2) is 12.1 Å². The number of nitrogens with two attached hydrogens (primary N) is 1. The molecule has 2 heteroatoms. The van der Waals surface area contributed by atoms with Gasteiger partial charge in [-0.15, -0.1) is 0 Å². The molecule has 0 bridgehead atoms. The highest BCUT2D eigenvalue weighted by Crippen LogP contribution is 2.39. The number of aryl methyl sites for hydroxylation is 1. The molecule has 2 aliphatic rings. The molecule has 74 valence electrons. The maximum Gasteiger partial charge on any atom is 0.127 e. The predicted molar refractivity (Wildman–Crippen MR) is 55.5 cm³/mol. The third kappa shape index (κ3) is 1.07. The average Bonchev–Trinajstić information content (AvgIpc) is 2.66.